The summed E-state index contributed by atoms with van der Waals surface area (Å²) in [4.78, 5) is 0. The number of thiophene rings is 1. The van der Waals surface area contributed by atoms with Gasteiger partial charge in [0.05, 0.1) is 8.12 Å². The van der Waals surface area contributed by atoms with Crippen LogP contribution in [-0.4, -0.2) is 0 Å². The maximum atomic E-state index is 5.72. The van der Waals surface area contributed by atoms with Crippen molar-refractivity contribution >= 4 is 38.9 Å². The second kappa shape index (κ2) is 2.38. The van der Waals surface area contributed by atoms with E-state index >= 15 is 0 Å². The van der Waals surface area contributed by atoms with E-state index in [1.54, 1.807) is 11.3 Å². The molecular weight excluding hydrogens is 207 g/mol. The Hall–Kier alpha value is 0.470. The molecule has 0 bridgehead atoms. The van der Waals surface area contributed by atoms with E-state index in [1.165, 1.54) is 0 Å². The minimum atomic E-state index is 0.872. The molecule has 0 atom stereocenters. The molecule has 0 fully saturated rings. The highest BCUT2D eigenvalue weighted by atomic mass is 79.9. The molecule has 0 unspecified atom stereocenters. The Morgan fingerprint density at radius 3 is 2.50 bits per heavy atom. The van der Waals surface area contributed by atoms with Gasteiger partial charge in [-0.05, 0) is 34.5 Å². The van der Waals surface area contributed by atoms with Crippen molar-refractivity contribution in [1.82, 2.24) is 0 Å². The van der Waals surface area contributed by atoms with E-state index in [2.05, 4.69) is 15.9 Å². The topological polar surface area (TPSA) is 0 Å². The van der Waals surface area contributed by atoms with E-state index in [0.717, 1.165) is 13.7 Å². The molecule has 0 aliphatic heterocycles. The minimum absolute atomic E-state index is 0.872. The second-order valence-corrected chi connectivity index (χ2v) is 4.54. The average molecular weight is 212 g/mol. The molecule has 44 valence electrons. The molecule has 1 heterocycles. The number of hydrogen-bond donors (Lipinski definition) is 0. The van der Waals surface area contributed by atoms with Crippen LogP contribution in [0.15, 0.2) is 9.85 Å². The third kappa shape index (κ3) is 1.24. The molecule has 0 N–H and O–H groups in total. The van der Waals surface area contributed by atoms with Crippen LogP contribution >= 0.6 is 38.9 Å². The van der Waals surface area contributed by atoms with Crippen molar-refractivity contribution in [3.05, 3.63) is 19.8 Å². The van der Waals surface area contributed by atoms with Gasteiger partial charge >= 0.3 is 0 Å². The fourth-order valence-electron chi connectivity index (χ4n) is 0.423. The predicted molar refractivity (Wildman–Crippen MR) is 41.8 cm³/mol. The first-order chi connectivity index (χ1) is 3.70. The van der Waals surface area contributed by atoms with Gasteiger partial charge in [0.25, 0.3) is 0 Å². The van der Waals surface area contributed by atoms with Crippen molar-refractivity contribution in [3.63, 3.8) is 0 Å². The van der Waals surface area contributed by atoms with Crippen LogP contribution in [0, 0.1) is 6.92 Å². The Morgan fingerprint density at radius 2 is 2.38 bits per heavy atom. The summed E-state index contributed by atoms with van der Waals surface area (Å²) in [6.07, 6.45) is 0. The van der Waals surface area contributed by atoms with Crippen LogP contribution in [0.1, 0.15) is 5.56 Å². The standard InChI is InChI=1S/C5H4BrClS/c1-3-2-4(6)8-5(3)7/h2H,1H3. The van der Waals surface area contributed by atoms with Gasteiger partial charge in [0, 0.05) is 0 Å². The van der Waals surface area contributed by atoms with Crippen molar-refractivity contribution in [2.24, 2.45) is 0 Å². The predicted octanol–water partition coefficient (Wildman–Crippen LogP) is 3.47. The van der Waals surface area contributed by atoms with Gasteiger partial charge in [0.2, 0.25) is 0 Å². The summed E-state index contributed by atoms with van der Waals surface area (Å²) in [5.41, 5.74) is 1.14. The lowest BCUT2D eigenvalue weighted by molar-refractivity contribution is 1.55. The summed E-state index contributed by atoms with van der Waals surface area (Å²) >= 11 is 10.6. The number of halogens is 2. The van der Waals surface area contributed by atoms with E-state index in [9.17, 15) is 0 Å². The van der Waals surface area contributed by atoms with Crippen molar-refractivity contribution in [3.8, 4) is 0 Å². The molecule has 0 amide bonds. The third-order valence-electron chi connectivity index (χ3n) is 0.827. The molecule has 0 saturated carbocycles. The summed E-state index contributed by atoms with van der Waals surface area (Å²) in [6, 6.07) is 2.01. The van der Waals surface area contributed by atoms with Crippen LogP contribution in [0.3, 0.4) is 0 Å². The Labute approximate surface area is 65.6 Å². The van der Waals surface area contributed by atoms with Gasteiger partial charge < -0.3 is 0 Å². The van der Waals surface area contributed by atoms with Crippen LogP contribution in [0.5, 0.6) is 0 Å². The van der Waals surface area contributed by atoms with Crippen LogP contribution in [0.25, 0.3) is 0 Å². The molecule has 1 aromatic heterocycles. The Morgan fingerprint density at radius 1 is 1.75 bits per heavy atom. The first-order valence-corrected chi connectivity index (χ1v) is 4.10. The lowest BCUT2D eigenvalue weighted by Crippen LogP contribution is -1.55. The molecule has 0 aliphatic carbocycles. The van der Waals surface area contributed by atoms with Gasteiger partial charge in [0.15, 0.2) is 0 Å². The smallest absolute Gasteiger partial charge is 0.0969 e. The fourth-order valence-corrected chi connectivity index (χ4v) is 2.46. The molecule has 0 aromatic carbocycles. The maximum Gasteiger partial charge on any atom is 0.0969 e. The van der Waals surface area contributed by atoms with Crippen molar-refractivity contribution in [1.29, 1.82) is 0 Å². The largest absolute Gasteiger partial charge is 0.116 e. The fraction of sp³-hybridized carbons (Fsp3) is 0.200. The molecule has 0 aliphatic rings. The highest BCUT2D eigenvalue weighted by Gasteiger charge is 1.97. The van der Waals surface area contributed by atoms with Crippen LogP contribution < -0.4 is 0 Å². The number of aryl methyl sites for hydroxylation is 1. The normalized spacial score (nSPS) is 9.88. The van der Waals surface area contributed by atoms with Crippen LogP contribution in [-0.2, 0) is 0 Å². The quantitative estimate of drug-likeness (QED) is 0.616. The zero-order valence-corrected chi connectivity index (χ0v) is 7.40. The first kappa shape index (κ1) is 6.59. The van der Waals surface area contributed by atoms with Gasteiger partial charge in [-0.1, -0.05) is 11.6 Å². The van der Waals surface area contributed by atoms with Gasteiger partial charge in [0.1, 0.15) is 0 Å². The third-order valence-corrected chi connectivity index (χ3v) is 2.89. The second-order valence-electron chi connectivity index (χ2n) is 1.51. The Bertz CT molecular complexity index is 175. The summed E-state index contributed by atoms with van der Waals surface area (Å²) in [5.74, 6) is 0. The average Bonchev–Trinajstić information content (AvgIpc) is 1.85. The maximum absolute atomic E-state index is 5.72. The molecule has 0 nitrogen and oxygen atoms in total. The Balaban J connectivity index is 3.14. The molecule has 0 saturated heterocycles. The van der Waals surface area contributed by atoms with E-state index < -0.39 is 0 Å². The van der Waals surface area contributed by atoms with Gasteiger partial charge in [-0.15, -0.1) is 11.3 Å². The summed E-state index contributed by atoms with van der Waals surface area (Å²) in [7, 11) is 0. The summed E-state index contributed by atoms with van der Waals surface area (Å²) < 4.78 is 1.97. The van der Waals surface area contributed by atoms with E-state index in [1.807, 2.05) is 13.0 Å². The number of rotatable bonds is 0. The van der Waals surface area contributed by atoms with E-state index in [-0.39, 0.29) is 0 Å². The molecule has 0 spiro atoms. The lowest BCUT2D eigenvalue weighted by atomic mass is 10.4. The van der Waals surface area contributed by atoms with E-state index in [0.29, 0.717) is 0 Å². The summed E-state index contributed by atoms with van der Waals surface area (Å²) in [5, 5.41) is 0. The minimum Gasteiger partial charge on any atom is -0.116 e. The van der Waals surface area contributed by atoms with Crippen molar-refractivity contribution in [2.45, 2.75) is 6.92 Å². The van der Waals surface area contributed by atoms with E-state index in [4.69, 9.17) is 11.6 Å². The Kier molecular flexibility index (Phi) is 1.96. The highest BCUT2D eigenvalue weighted by molar-refractivity contribution is 9.11. The molecule has 8 heavy (non-hydrogen) atoms. The molecule has 1 aromatic rings. The number of hydrogen-bond acceptors (Lipinski definition) is 1. The van der Waals surface area contributed by atoms with Gasteiger partial charge in [-0.25, -0.2) is 0 Å². The molecule has 1 rings (SSSR count). The zero-order chi connectivity index (χ0) is 6.15. The lowest BCUT2D eigenvalue weighted by Gasteiger charge is -1.76. The molecular formula is C5H4BrClS. The molecule has 0 radical (unpaired) electrons. The first-order valence-electron chi connectivity index (χ1n) is 2.11. The highest BCUT2D eigenvalue weighted by Crippen LogP contribution is 2.30. The SMILES string of the molecule is Cc1cc(Br)sc1Cl. The molecule has 3 heteroatoms. The van der Waals surface area contributed by atoms with Crippen LogP contribution in [0.4, 0.5) is 0 Å². The van der Waals surface area contributed by atoms with Crippen LogP contribution in [0.2, 0.25) is 4.34 Å². The van der Waals surface area contributed by atoms with Crippen molar-refractivity contribution < 1.29 is 0 Å². The summed E-state index contributed by atoms with van der Waals surface area (Å²) in [6.45, 7) is 1.99. The monoisotopic (exact) mass is 210 g/mol. The van der Waals surface area contributed by atoms with Gasteiger partial charge in [-0.3, -0.25) is 0 Å². The zero-order valence-electron chi connectivity index (χ0n) is 4.24. The van der Waals surface area contributed by atoms with Crippen molar-refractivity contribution in [2.75, 3.05) is 0 Å². The van der Waals surface area contributed by atoms with Gasteiger partial charge in [-0.2, -0.15) is 0 Å².